The highest BCUT2D eigenvalue weighted by atomic mass is 32.2. The fourth-order valence-electron chi connectivity index (χ4n) is 4.50. The molecular formula is C25H28N4O3S. The summed E-state index contributed by atoms with van der Waals surface area (Å²) in [5.41, 5.74) is 4.41. The van der Waals surface area contributed by atoms with E-state index in [4.69, 9.17) is 0 Å². The summed E-state index contributed by atoms with van der Waals surface area (Å²) < 4.78 is 22.8. The number of H-pyrrole nitrogens is 2. The van der Waals surface area contributed by atoms with Crippen molar-refractivity contribution in [1.29, 1.82) is 0 Å². The zero-order valence-corrected chi connectivity index (χ0v) is 19.5. The maximum atomic E-state index is 12.6. The van der Waals surface area contributed by atoms with E-state index in [1.807, 2.05) is 36.4 Å². The summed E-state index contributed by atoms with van der Waals surface area (Å²) >= 11 is 0. The van der Waals surface area contributed by atoms with Crippen molar-refractivity contribution >= 4 is 31.6 Å². The molecule has 8 heteroatoms. The third-order valence-corrected chi connectivity index (χ3v) is 7.30. The minimum absolute atomic E-state index is 0.103. The molecule has 1 aliphatic heterocycles. The van der Waals surface area contributed by atoms with Crippen LogP contribution in [0.4, 0.5) is 0 Å². The maximum absolute atomic E-state index is 12.6. The Morgan fingerprint density at radius 1 is 0.848 bits per heavy atom. The van der Waals surface area contributed by atoms with Crippen molar-refractivity contribution in [1.82, 2.24) is 19.8 Å². The SMILES string of the molecule is CS(=O)(=O)CCN1CCN(Cc2ccc3[nH]c(-c4cc5ccccc5[nH]c4=O)cc3c2)CC1. The predicted molar refractivity (Wildman–Crippen MR) is 133 cm³/mol. The smallest absolute Gasteiger partial charge is 0.257 e. The van der Waals surface area contributed by atoms with Gasteiger partial charge in [-0.15, -0.1) is 0 Å². The van der Waals surface area contributed by atoms with E-state index in [2.05, 4.69) is 38.0 Å². The number of nitrogens with one attached hydrogen (secondary N) is 2. The van der Waals surface area contributed by atoms with Gasteiger partial charge in [0.25, 0.3) is 5.56 Å². The van der Waals surface area contributed by atoms with Crippen LogP contribution in [0.1, 0.15) is 5.56 Å². The lowest BCUT2D eigenvalue weighted by molar-refractivity contribution is 0.132. The predicted octanol–water partition coefficient (Wildman–Crippen LogP) is 2.84. The van der Waals surface area contributed by atoms with Crippen molar-refractivity contribution in [2.45, 2.75) is 6.54 Å². The van der Waals surface area contributed by atoms with E-state index in [0.717, 1.165) is 60.2 Å². The van der Waals surface area contributed by atoms with E-state index in [1.54, 1.807) is 0 Å². The van der Waals surface area contributed by atoms with Crippen molar-refractivity contribution in [2.24, 2.45) is 0 Å². The third-order valence-electron chi connectivity index (χ3n) is 6.38. The Bertz CT molecular complexity index is 1460. The number of aromatic amines is 2. The van der Waals surface area contributed by atoms with Crippen molar-refractivity contribution in [3.63, 3.8) is 0 Å². The number of benzene rings is 2. The number of hydrogen-bond donors (Lipinski definition) is 2. The van der Waals surface area contributed by atoms with Gasteiger partial charge in [0.2, 0.25) is 0 Å². The van der Waals surface area contributed by atoms with Gasteiger partial charge in [0.1, 0.15) is 9.84 Å². The van der Waals surface area contributed by atoms with Gasteiger partial charge in [-0.2, -0.15) is 0 Å². The standard InChI is InChI=1S/C25H28N4O3S/c1-33(31,32)13-12-28-8-10-29(11-9-28)17-18-6-7-23-20(14-18)16-24(26-23)21-15-19-4-2-3-5-22(19)27-25(21)30/h2-7,14-16,26H,8-13,17H2,1H3,(H,27,30). The number of aromatic nitrogens is 2. The van der Waals surface area contributed by atoms with E-state index in [9.17, 15) is 13.2 Å². The average molecular weight is 465 g/mol. The topological polar surface area (TPSA) is 89.3 Å². The number of hydrogen-bond acceptors (Lipinski definition) is 5. The molecular weight excluding hydrogens is 436 g/mol. The number of rotatable bonds is 6. The zero-order valence-electron chi connectivity index (χ0n) is 18.7. The summed E-state index contributed by atoms with van der Waals surface area (Å²) in [6, 6.07) is 18.1. The molecule has 172 valence electrons. The molecule has 0 saturated carbocycles. The van der Waals surface area contributed by atoms with Crippen LogP contribution >= 0.6 is 0 Å². The second-order valence-corrected chi connectivity index (χ2v) is 11.2. The molecule has 2 N–H and O–H groups in total. The van der Waals surface area contributed by atoms with E-state index in [-0.39, 0.29) is 11.3 Å². The van der Waals surface area contributed by atoms with Gasteiger partial charge in [-0.3, -0.25) is 14.6 Å². The van der Waals surface area contributed by atoms with Crippen LogP contribution in [0.2, 0.25) is 0 Å². The molecule has 0 bridgehead atoms. The fraction of sp³-hybridized carbons (Fsp3) is 0.320. The Balaban J connectivity index is 1.30. The summed E-state index contributed by atoms with van der Waals surface area (Å²) in [5, 5.41) is 2.09. The monoisotopic (exact) mass is 464 g/mol. The molecule has 0 atom stereocenters. The number of piperazine rings is 1. The molecule has 4 aromatic rings. The highest BCUT2D eigenvalue weighted by Crippen LogP contribution is 2.25. The van der Waals surface area contributed by atoms with Crippen LogP contribution in [0.25, 0.3) is 33.1 Å². The van der Waals surface area contributed by atoms with Gasteiger partial charge in [0, 0.05) is 61.9 Å². The van der Waals surface area contributed by atoms with Gasteiger partial charge in [-0.1, -0.05) is 24.3 Å². The van der Waals surface area contributed by atoms with Crippen LogP contribution in [-0.4, -0.2) is 72.9 Å². The number of pyridine rings is 1. The van der Waals surface area contributed by atoms with Crippen LogP contribution < -0.4 is 5.56 Å². The molecule has 0 radical (unpaired) electrons. The summed E-state index contributed by atoms with van der Waals surface area (Å²) in [6.45, 7) is 5.08. The molecule has 0 spiro atoms. The number of sulfone groups is 1. The normalized spacial score (nSPS) is 16.0. The molecule has 5 rings (SSSR count). The van der Waals surface area contributed by atoms with Crippen molar-refractivity contribution in [2.75, 3.05) is 44.7 Å². The fourth-order valence-corrected chi connectivity index (χ4v) is 5.09. The Kier molecular flexibility index (Phi) is 5.82. The van der Waals surface area contributed by atoms with E-state index in [1.165, 1.54) is 11.8 Å². The van der Waals surface area contributed by atoms with Gasteiger partial charge < -0.3 is 9.97 Å². The van der Waals surface area contributed by atoms with Gasteiger partial charge >= 0.3 is 0 Å². The number of para-hydroxylation sites is 1. The van der Waals surface area contributed by atoms with Crippen molar-refractivity contribution < 1.29 is 8.42 Å². The van der Waals surface area contributed by atoms with Crippen LogP contribution in [-0.2, 0) is 16.4 Å². The van der Waals surface area contributed by atoms with Gasteiger partial charge in [-0.05, 0) is 41.3 Å². The highest BCUT2D eigenvalue weighted by molar-refractivity contribution is 7.90. The minimum atomic E-state index is -2.92. The first kappa shape index (κ1) is 21.9. The first-order valence-corrected chi connectivity index (χ1v) is 13.3. The molecule has 1 aliphatic rings. The summed E-state index contributed by atoms with van der Waals surface area (Å²) in [6.07, 6.45) is 1.29. The molecule has 0 amide bonds. The molecule has 0 unspecified atom stereocenters. The van der Waals surface area contributed by atoms with E-state index < -0.39 is 9.84 Å². The largest absolute Gasteiger partial charge is 0.354 e. The van der Waals surface area contributed by atoms with Crippen molar-refractivity contribution in [3.8, 4) is 11.3 Å². The molecule has 1 fully saturated rings. The Labute approximate surface area is 193 Å². The van der Waals surface area contributed by atoms with E-state index in [0.29, 0.717) is 12.1 Å². The lowest BCUT2D eigenvalue weighted by Crippen LogP contribution is -2.47. The molecule has 1 saturated heterocycles. The first-order chi connectivity index (χ1) is 15.8. The molecule has 2 aromatic carbocycles. The molecule has 2 aromatic heterocycles. The quantitative estimate of drug-likeness (QED) is 0.458. The van der Waals surface area contributed by atoms with Crippen LogP contribution in [0.3, 0.4) is 0 Å². The summed E-state index contributed by atoms with van der Waals surface area (Å²) in [7, 11) is -2.92. The number of fused-ring (bicyclic) bond motifs is 2. The van der Waals surface area contributed by atoms with E-state index >= 15 is 0 Å². The average Bonchev–Trinajstić information content (AvgIpc) is 3.21. The van der Waals surface area contributed by atoms with Crippen LogP contribution in [0.5, 0.6) is 0 Å². The lowest BCUT2D eigenvalue weighted by Gasteiger charge is -2.34. The minimum Gasteiger partial charge on any atom is -0.354 e. The zero-order chi connectivity index (χ0) is 23.0. The second kappa shape index (κ2) is 8.78. The van der Waals surface area contributed by atoms with Gasteiger partial charge in [0.15, 0.2) is 0 Å². The van der Waals surface area contributed by atoms with Crippen LogP contribution in [0.15, 0.2) is 59.4 Å². The third kappa shape index (κ3) is 5.03. The van der Waals surface area contributed by atoms with Crippen LogP contribution in [0, 0.1) is 0 Å². The molecule has 7 nitrogen and oxygen atoms in total. The molecule has 3 heterocycles. The molecule has 0 aliphatic carbocycles. The Morgan fingerprint density at radius 2 is 1.58 bits per heavy atom. The lowest BCUT2D eigenvalue weighted by atomic mass is 10.1. The van der Waals surface area contributed by atoms with Gasteiger partial charge in [-0.25, -0.2) is 8.42 Å². The molecule has 33 heavy (non-hydrogen) atoms. The second-order valence-electron chi connectivity index (χ2n) is 8.95. The summed E-state index contributed by atoms with van der Waals surface area (Å²) in [5.74, 6) is 0.222. The summed E-state index contributed by atoms with van der Waals surface area (Å²) in [4.78, 5) is 23.6. The maximum Gasteiger partial charge on any atom is 0.257 e. The number of nitrogens with zero attached hydrogens (tertiary/aromatic N) is 2. The first-order valence-electron chi connectivity index (χ1n) is 11.2. The Hall–Kier alpha value is -2.94. The highest BCUT2D eigenvalue weighted by Gasteiger charge is 2.18. The van der Waals surface area contributed by atoms with Crippen molar-refractivity contribution in [3.05, 3.63) is 70.5 Å². The van der Waals surface area contributed by atoms with Gasteiger partial charge in [0.05, 0.1) is 17.0 Å². The Morgan fingerprint density at radius 3 is 2.36 bits per heavy atom.